The fourth-order valence-electron chi connectivity index (χ4n) is 1.23. The van der Waals surface area contributed by atoms with E-state index >= 15 is 0 Å². The van der Waals surface area contributed by atoms with Crippen LogP contribution in [0.5, 0.6) is 0 Å². The molecule has 0 aliphatic heterocycles. The van der Waals surface area contributed by atoms with Crippen molar-refractivity contribution in [3.8, 4) is 0 Å². The van der Waals surface area contributed by atoms with E-state index in [2.05, 4.69) is 10.3 Å². The number of carboxylic acids is 1. The zero-order valence-corrected chi connectivity index (χ0v) is 11.0. The van der Waals surface area contributed by atoms with Crippen molar-refractivity contribution in [1.29, 1.82) is 0 Å². The maximum atomic E-state index is 10.5. The van der Waals surface area contributed by atoms with E-state index in [0.29, 0.717) is 12.2 Å². The van der Waals surface area contributed by atoms with Crippen LogP contribution in [0.1, 0.15) is 10.6 Å². The summed E-state index contributed by atoms with van der Waals surface area (Å²) in [5, 5.41) is 14.2. The molecule has 0 saturated heterocycles. The smallest absolute Gasteiger partial charge is 0.309 e. The lowest BCUT2D eigenvalue weighted by atomic mass is 10.3. The van der Waals surface area contributed by atoms with Gasteiger partial charge in [-0.1, -0.05) is 11.6 Å². The highest BCUT2D eigenvalue weighted by molar-refractivity contribution is 7.16. The summed E-state index contributed by atoms with van der Waals surface area (Å²) in [7, 11) is 0. The molecule has 0 spiro atoms. The Morgan fingerprint density at radius 2 is 2.35 bits per heavy atom. The van der Waals surface area contributed by atoms with Crippen molar-refractivity contribution in [2.24, 2.45) is 0 Å². The van der Waals surface area contributed by atoms with Gasteiger partial charge >= 0.3 is 5.97 Å². The second-order valence-electron chi connectivity index (χ2n) is 3.27. The third kappa shape index (κ3) is 3.69. The highest BCUT2D eigenvalue weighted by Crippen LogP contribution is 2.23. The lowest BCUT2D eigenvalue weighted by Crippen LogP contribution is -2.01. The molecule has 0 atom stereocenters. The number of hydrogen-bond acceptors (Lipinski definition) is 5. The minimum absolute atomic E-state index is 0.0387. The molecular formula is C10H9ClN2O2S2. The molecule has 17 heavy (non-hydrogen) atoms. The Kier molecular flexibility index (Phi) is 3.98. The number of aromatic nitrogens is 1. The number of rotatable bonds is 5. The number of hydrogen-bond donors (Lipinski definition) is 2. The van der Waals surface area contributed by atoms with E-state index in [1.165, 1.54) is 22.7 Å². The Morgan fingerprint density at radius 1 is 1.53 bits per heavy atom. The van der Waals surface area contributed by atoms with Crippen molar-refractivity contribution in [2.75, 3.05) is 5.32 Å². The largest absolute Gasteiger partial charge is 0.481 e. The Morgan fingerprint density at radius 3 is 3.00 bits per heavy atom. The molecule has 0 unspecified atom stereocenters. The number of nitrogens with zero attached hydrogens (tertiary/aromatic N) is 1. The molecule has 2 heterocycles. The quantitative estimate of drug-likeness (QED) is 0.887. The molecule has 90 valence electrons. The molecule has 0 fully saturated rings. The van der Waals surface area contributed by atoms with Gasteiger partial charge in [0.15, 0.2) is 5.13 Å². The van der Waals surface area contributed by atoms with Crippen molar-refractivity contribution >= 4 is 45.4 Å². The van der Waals surface area contributed by atoms with Crippen LogP contribution in [0.15, 0.2) is 17.5 Å². The van der Waals surface area contributed by atoms with E-state index < -0.39 is 5.97 Å². The van der Waals surface area contributed by atoms with Gasteiger partial charge in [-0.05, 0) is 12.1 Å². The van der Waals surface area contributed by atoms with Crippen molar-refractivity contribution in [3.05, 3.63) is 32.4 Å². The summed E-state index contributed by atoms with van der Waals surface area (Å²) in [6, 6.07) is 3.80. The van der Waals surface area contributed by atoms with Gasteiger partial charge in [-0.25, -0.2) is 4.98 Å². The molecule has 2 aromatic rings. The molecule has 2 rings (SSSR count). The lowest BCUT2D eigenvalue weighted by molar-refractivity contribution is -0.136. The third-order valence-electron chi connectivity index (χ3n) is 1.93. The average Bonchev–Trinajstić information content (AvgIpc) is 2.84. The van der Waals surface area contributed by atoms with Crippen molar-refractivity contribution < 1.29 is 9.90 Å². The van der Waals surface area contributed by atoms with Crippen molar-refractivity contribution in [3.63, 3.8) is 0 Å². The zero-order chi connectivity index (χ0) is 12.3. The van der Waals surface area contributed by atoms with Crippen molar-refractivity contribution in [2.45, 2.75) is 13.0 Å². The van der Waals surface area contributed by atoms with E-state index in [0.717, 1.165) is 14.3 Å². The highest BCUT2D eigenvalue weighted by Gasteiger charge is 2.06. The van der Waals surface area contributed by atoms with Crippen molar-refractivity contribution in [1.82, 2.24) is 4.98 Å². The van der Waals surface area contributed by atoms with Gasteiger partial charge in [0.05, 0.1) is 23.0 Å². The van der Waals surface area contributed by atoms with Gasteiger partial charge < -0.3 is 10.4 Å². The first-order valence-corrected chi connectivity index (χ1v) is 6.85. The standard InChI is InChI=1S/C10H9ClN2O2S2/c11-8-2-1-7(17-8)4-12-10-13-6(5-16-10)3-9(14)15/h1-2,5H,3-4H2,(H,12,13)(H,14,15). The Balaban J connectivity index is 1.91. The minimum atomic E-state index is -0.869. The first kappa shape index (κ1) is 12.3. The molecule has 0 bridgehead atoms. The molecule has 2 aromatic heterocycles. The number of carbonyl (C=O) groups is 1. The third-order valence-corrected chi connectivity index (χ3v) is 4.01. The van der Waals surface area contributed by atoms with E-state index in [1.54, 1.807) is 5.38 Å². The van der Waals surface area contributed by atoms with E-state index in [1.807, 2.05) is 12.1 Å². The molecule has 2 N–H and O–H groups in total. The van der Waals surface area contributed by atoms with E-state index in [-0.39, 0.29) is 6.42 Å². The van der Waals surface area contributed by atoms with Crippen LogP contribution < -0.4 is 5.32 Å². The Bertz CT molecular complexity index is 524. The zero-order valence-electron chi connectivity index (χ0n) is 8.64. The van der Waals surface area contributed by atoms with E-state index in [9.17, 15) is 4.79 Å². The maximum Gasteiger partial charge on any atom is 0.309 e. The first-order valence-electron chi connectivity index (χ1n) is 4.78. The summed E-state index contributed by atoms with van der Waals surface area (Å²) >= 11 is 8.73. The fourth-order valence-corrected chi connectivity index (χ4v) is 2.97. The first-order chi connectivity index (χ1) is 8.13. The van der Waals surface area contributed by atoms with Gasteiger partial charge in [-0.2, -0.15) is 0 Å². The molecule has 0 amide bonds. The monoisotopic (exact) mass is 288 g/mol. The number of anilines is 1. The van der Waals surface area contributed by atoms with Gasteiger partial charge in [-0.15, -0.1) is 22.7 Å². The summed E-state index contributed by atoms with van der Waals surface area (Å²) in [5.74, 6) is -0.869. The van der Waals surface area contributed by atoms with Crippen LogP contribution in [0.2, 0.25) is 4.34 Å². The number of thiazole rings is 1. The van der Waals surface area contributed by atoms with Crippen LogP contribution in [0.3, 0.4) is 0 Å². The molecule has 0 aliphatic rings. The molecule has 7 heteroatoms. The summed E-state index contributed by atoms with van der Waals surface area (Å²) in [5.41, 5.74) is 0.578. The average molecular weight is 289 g/mol. The van der Waals surface area contributed by atoms with Gasteiger partial charge in [0.2, 0.25) is 0 Å². The molecule has 0 saturated carbocycles. The number of aliphatic carboxylic acids is 1. The van der Waals surface area contributed by atoms with Crippen LogP contribution in [0, 0.1) is 0 Å². The fraction of sp³-hybridized carbons (Fsp3) is 0.200. The predicted octanol–water partition coefficient (Wildman–Crippen LogP) is 3.10. The molecular weight excluding hydrogens is 280 g/mol. The number of halogens is 1. The Hall–Kier alpha value is -1.11. The van der Waals surface area contributed by atoms with Crippen LogP contribution >= 0.6 is 34.3 Å². The molecule has 0 aliphatic carbocycles. The predicted molar refractivity (Wildman–Crippen MR) is 70.1 cm³/mol. The second kappa shape index (κ2) is 5.48. The SMILES string of the molecule is O=C(O)Cc1csc(NCc2ccc(Cl)s2)n1. The summed E-state index contributed by atoms with van der Waals surface area (Å²) in [6.45, 7) is 0.650. The summed E-state index contributed by atoms with van der Waals surface area (Å²) < 4.78 is 0.757. The van der Waals surface area contributed by atoms with Crippen LogP contribution in [0.4, 0.5) is 5.13 Å². The lowest BCUT2D eigenvalue weighted by Gasteiger charge is -1.98. The highest BCUT2D eigenvalue weighted by atomic mass is 35.5. The number of thiophene rings is 1. The second-order valence-corrected chi connectivity index (χ2v) is 5.93. The minimum Gasteiger partial charge on any atom is -0.481 e. The molecule has 0 radical (unpaired) electrons. The molecule has 4 nitrogen and oxygen atoms in total. The molecule has 0 aromatic carbocycles. The number of carboxylic acid groups (broad SMARTS) is 1. The normalized spacial score (nSPS) is 10.4. The van der Waals surface area contributed by atoms with Crippen LogP contribution in [-0.2, 0) is 17.8 Å². The maximum absolute atomic E-state index is 10.5. The Labute approximate surface area is 111 Å². The van der Waals surface area contributed by atoms with Gasteiger partial charge in [0, 0.05) is 10.3 Å². The summed E-state index contributed by atoms with van der Waals surface area (Å²) in [4.78, 5) is 15.8. The van der Waals surface area contributed by atoms with Gasteiger partial charge in [0.25, 0.3) is 0 Å². The topological polar surface area (TPSA) is 62.2 Å². The van der Waals surface area contributed by atoms with Crippen LogP contribution in [0.25, 0.3) is 0 Å². The van der Waals surface area contributed by atoms with Gasteiger partial charge in [-0.3, -0.25) is 4.79 Å². The number of nitrogens with one attached hydrogen (secondary N) is 1. The summed E-state index contributed by atoms with van der Waals surface area (Å²) in [6.07, 6.45) is -0.0387. The van der Waals surface area contributed by atoms with Crippen LogP contribution in [-0.4, -0.2) is 16.1 Å². The van der Waals surface area contributed by atoms with Gasteiger partial charge in [0.1, 0.15) is 0 Å². The van der Waals surface area contributed by atoms with E-state index in [4.69, 9.17) is 16.7 Å².